The molecular formula is C12H26N2O. The van der Waals surface area contributed by atoms with Crippen molar-refractivity contribution in [2.75, 3.05) is 39.3 Å². The van der Waals surface area contributed by atoms with Gasteiger partial charge in [-0.3, -0.25) is 0 Å². The fourth-order valence-corrected chi connectivity index (χ4v) is 2.27. The molecule has 0 aromatic carbocycles. The Bertz CT molecular complexity index is 142. The summed E-state index contributed by atoms with van der Waals surface area (Å²) >= 11 is 0. The van der Waals surface area contributed by atoms with E-state index >= 15 is 0 Å². The van der Waals surface area contributed by atoms with Crippen LogP contribution in [0.25, 0.3) is 0 Å². The Morgan fingerprint density at radius 3 is 2.60 bits per heavy atom. The molecule has 3 heteroatoms. The van der Waals surface area contributed by atoms with Gasteiger partial charge in [0.25, 0.3) is 0 Å². The van der Waals surface area contributed by atoms with Crippen molar-refractivity contribution in [3.8, 4) is 0 Å². The van der Waals surface area contributed by atoms with Gasteiger partial charge in [0.1, 0.15) is 0 Å². The van der Waals surface area contributed by atoms with E-state index in [1.807, 2.05) is 0 Å². The average Bonchev–Trinajstić information content (AvgIpc) is 2.29. The molecule has 0 unspecified atom stereocenters. The largest absolute Gasteiger partial charge is 0.396 e. The molecule has 0 aromatic heterocycles. The van der Waals surface area contributed by atoms with Crippen LogP contribution in [0.1, 0.15) is 32.6 Å². The Morgan fingerprint density at radius 1 is 1.27 bits per heavy atom. The van der Waals surface area contributed by atoms with E-state index in [1.54, 1.807) is 0 Å². The second kappa shape index (κ2) is 8.08. The van der Waals surface area contributed by atoms with Crippen LogP contribution in [0, 0.1) is 5.92 Å². The number of aliphatic hydroxyl groups excluding tert-OH is 1. The zero-order chi connectivity index (χ0) is 10.9. The van der Waals surface area contributed by atoms with Crippen LogP contribution in [0.3, 0.4) is 0 Å². The highest BCUT2D eigenvalue weighted by atomic mass is 16.3. The number of aliphatic hydroxyl groups is 1. The maximum absolute atomic E-state index is 8.90. The molecule has 1 fully saturated rings. The summed E-state index contributed by atoms with van der Waals surface area (Å²) in [7, 11) is 0. The fourth-order valence-electron chi connectivity index (χ4n) is 2.27. The van der Waals surface area contributed by atoms with Crippen molar-refractivity contribution >= 4 is 0 Å². The summed E-state index contributed by atoms with van der Waals surface area (Å²) in [6, 6.07) is 0. The summed E-state index contributed by atoms with van der Waals surface area (Å²) < 4.78 is 0. The van der Waals surface area contributed by atoms with E-state index in [0.717, 1.165) is 25.4 Å². The minimum Gasteiger partial charge on any atom is -0.396 e. The van der Waals surface area contributed by atoms with Gasteiger partial charge in [-0.1, -0.05) is 13.3 Å². The van der Waals surface area contributed by atoms with Crippen LogP contribution in [0.4, 0.5) is 0 Å². The minimum absolute atomic E-state index is 0.353. The molecule has 2 N–H and O–H groups in total. The third-order valence-electron chi connectivity index (χ3n) is 3.41. The molecular weight excluding hydrogens is 188 g/mol. The second-order valence-corrected chi connectivity index (χ2v) is 4.52. The maximum Gasteiger partial charge on any atom is 0.0433 e. The predicted octanol–water partition coefficient (Wildman–Crippen LogP) is 1.08. The van der Waals surface area contributed by atoms with E-state index in [-0.39, 0.29) is 0 Å². The Labute approximate surface area is 93.9 Å². The summed E-state index contributed by atoms with van der Waals surface area (Å²) in [6.07, 6.45) is 4.76. The van der Waals surface area contributed by atoms with Crippen LogP contribution in [-0.2, 0) is 0 Å². The van der Waals surface area contributed by atoms with Crippen molar-refractivity contribution in [2.24, 2.45) is 5.92 Å². The van der Waals surface area contributed by atoms with E-state index in [4.69, 9.17) is 5.11 Å². The molecule has 1 rings (SSSR count). The van der Waals surface area contributed by atoms with Crippen LogP contribution >= 0.6 is 0 Å². The van der Waals surface area contributed by atoms with E-state index in [9.17, 15) is 0 Å². The fraction of sp³-hybridized carbons (Fsp3) is 1.00. The van der Waals surface area contributed by atoms with Gasteiger partial charge >= 0.3 is 0 Å². The summed E-state index contributed by atoms with van der Waals surface area (Å²) in [5.74, 6) is 0.734. The highest BCUT2D eigenvalue weighted by molar-refractivity contribution is 4.68. The Balaban J connectivity index is 2.03. The lowest BCUT2D eigenvalue weighted by Gasteiger charge is -2.27. The molecule has 1 aliphatic heterocycles. The Kier molecular flexibility index (Phi) is 6.98. The molecule has 0 aromatic rings. The molecule has 0 radical (unpaired) electrons. The van der Waals surface area contributed by atoms with Crippen LogP contribution in [0.2, 0.25) is 0 Å². The summed E-state index contributed by atoms with van der Waals surface area (Å²) in [6.45, 7) is 8.52. The molecule has 1 saturated heterocycles. The molecule has 0 amide bonds. The van der Waals surface area contributed by atoms with Crippen molar-refractivity contribution in [3.63, 3.8) is 0 Å². The number of hydrogen-bond acceptors (Lipinski definition) is 3. The van der Waals surface area contributed by atoms with Crippen LogP contribution in [0.5, 0.6) is 0 Å². The van der Waals surface area contributed by atoms with Crippen LogP contribution in [0.15, 0.2) is 0 Å². The molecule has 0 spiro atoms. The molecule has 0 aliphatic carbocycles. The Hall–Kier alpha value is -0.120. The zero-order valence-electron chi connectivity index (χ0n) is 10.0. The van der Waals surface area contributed by atoms with Crippen molar-refractivity contribution in [2.45, 2.75) is 32.6 Å². The first kappa shape index (κ1) is 12.9. The smallest absolute Gasteiger partial charge is 0.0433 e. The maximum atomic E-state index is 8.90. The number of rotatable bonds is 7. The summed E-state index contributed by atoms with van der Waals surface area (Å²) in [4.78, 5) is 2.54. The van der Waals surface area contributed by atoms with Gasteiger partial charge in [-0.2, -0.15) is 0 Å². The third kappa shape index (κ3) is 5.50. The summed E-state index contributed by atoms with van der Waals surface area (Å²) in [5.41, 5.74) is 0. The zero-order valence-corrected chi connectivity index (χ0v) is 10.0. The summed E-state index contributed by atoms with van der Waals surface area (Å²) in [5, 5.41) is 12.3. The molecule has 1 heterocycles. The predicted molar refractivity (Wildman–Crippen MR) is 64.0 cm³/mol. The van der Waals surface area contributed by atoms with Gasteiger partial charge in [0.2, 0.25) is 0 Å². The van der Waals surface area contributed by atoms with Crippen molar-refractivity contribution in [3.05, 3.63) is 0 Å². The molecule has 15 heavy (non-hydrogen) atoms. The molecule has 0 bridgehead atoms. The lowest BCUT2D eigenvalue weighted by Crippen LogP contribution is -2.43. The van der Waals surface area contributed by atoms with Crippen molar-refractivity contribution in [1.82, 2.24) is 10.2 Å². The van der Waals surface area contributed by atoms with E-state index in [2.05, 4.69) is 17.1 Å². The van der Waals surface area contributed by atoms with Gasteiger partial charge < -0.3 is 15.3 Å². The van der Waals surface area contributed by atoms with Crippen LogP contribution < -0.4 is 5.32 Å². The molecule has 3 nitrogen and oxygen atoms in total. The van der Waals surface area contributed by atoms with E-state index in [0.29, 0.717) is 6.61 Å². The number of hydrogen-bond donors (Lipinski definition) is 2. The standard InChI is InChI=1S/C12H26N2O/c1-2-12(5-11-15)4-3-8-14-9-6-13-7-10-14/h12-13,15H,2-11H2,1H3/t12-/m0/s1. The topological polar surface area (TPSA) is 35.5 Å². The van der Waals surface area contributed by atoms with Crippen molar-refractivity contribution < 1.29 is 5.11 Å². The van der Waals surface area contributed by atoms with Crippen LogP contribution in [-0.4, -0.2) is 49.3 Å². The lowest BCUT2D eigenvalue weighted by atomic mass is 9.97. The first-order valence-electron chi connectivity index (χ1n) is 6.40. The number of nitrogens with one attached hydrogen (secondary N) is 1. The van der Waals surface area contributed by atoms with Gasteiger partial charge in [0.05, 0.1) is 0 Å². The average molecular weight is 214 g/mol. The Morgan fingerprint density at radius 2 is 2.00 bits per heavy atom. The second-order valence-electron chi connectivity index (χ2n) is 4.52. The first-order chi connectivity index (χ1) is 7.36. The highest BCUT2D eigenvalue weighted by Gasteiger charge is 2.10. The molecule has 90 valence electrons. The number of piperazine rings is 1. The molecule has 1 atom stereocenters. The van der Waals surface area contributed by atoms with Gasteiger partial charge in [-0.05, 0) is 31.7 Å². The van der Waals surface area contributed by atoms with E-state index in [1.165, 1.54) is 38.9 Å². The molecule has 1 aliphatic rings. The number of nitrogens with zero attached hydrogens (tertiary/aromatic N) is 1. The SMILES string of the molecule is CC[C@H](CCO)CCCN1CCNCC1. The van der Waals surface area contributed by atoms with Gasteiger partial charge in [-0.15, -0.1) is 0 Å². The van der Waals surface area contributed by atoms with Gasteiger partial charge in [0, 0.05) is 32.8 Å². The van der Waals surface area contributed by atoms with Gasteiger partial charge in [-0.25, -0.2) is 0 Å². The van der Waals surface area contributed by atoms with Crippen molar-refractivity contribution in [1.29, 1.82) is 0 Å². The van der Waals surface area contributed by atoms with E-state index < -0.39 is 0 Å². The quantitative estimate of drug-likeness (QED) is 0.666. The lowest BCUT2D eigenvalue weighted by molar-refractivity contribution is 0.217. The normalized spacial score (nSPS) is 20.4. The monoisotopic (exact) mass is 214 g/mol. The highest BCUT2D eigenvalue weighted by Crippen LogP contribution is 2.15. The van der Waals surface area contributed by atoms with Gasteiger partial charge in [0.15, 0.2) is 0 Å². The molecule has 0 saturated carbocycles. The third-order valence-corrected chi connectivity index (χ3v) is 3.41. The minimum atomic E-state index is 0.353. The first-order valence-corrected chi connectivity index (χ1v) is 6.40.